The van der Waals surface area contributed by atoms with Crippen molar-refractivity contribution < 1.29 is 19.3 Å². The summed E-state index contributed by atoms with van der Waals surface area (Å²) in [6.45, 7) is 0.352. The lowest BCUT2D eigenvalue weighted by Crippen LogP contribution is -2.59. The Kier molecular flexibility index (Phi) is 5.00. The molecule has 2 rings (SSSR count). The number of nitrogens with two attached hydrogens (primary N) is 1. The summed E-state index contributed by atoms with van der Waals surface area (Å²) in [7, 11) is 5.15. The third kappa shape index (κ3) is 3.22. The smallest absolute Gasteiger partial charge is 0.293 e. The summed E-state index contributed by atoms with van der Waals surface area (Å²) in [5, 5.41) is 18.7. The number of rotatable bonds is 6. The van der Waals surface area contributed by atoms with Crippen LogP contribution in [0.5, 0.6) is 11.5 Å². The van der Waals surface area contributed by atoms with Gasteiger partial charge in [-0.2, -0.15) is 0 Å². The molecule has 1 aliphatic rings. The number of benzene rings is 1. The third-order valence-corrected chi connectivity index (χ3v) is 3.80. The van der Waals surface area contributed by atoms with E-state index >= 15 is 0 Å². The van der Waals surface area contributed by atoms with Crippen LogP contribution in [0, 0.1) is 0 Å². The van der Waals surface area contributed by atoms with Gasteiger partial charge in [-0.3, -0.25) is 20.7 Å². The zero-order chi connectivity index (χ0) is 16.4. The summed E-state index contributed by atoms with van der Waals surface area (Å²) in [6.07, 6.45) is 0. The molecule has 124 valence electrons. The highest BCUT2D eigenvalue weighted by Crippen LogP contribution is 2.34. The maximum Gasteiger partial charge on any atom is 0.293 e. The Labute approximate surface area is 133 Å². The van der Waals surface area contributed by atoms with Crippen molar-refractivity contribution in [2.24, 2.45) is 0 Å². The van der Waals surface area contributed by atoms with E-state index in [2.05, 4.69) is 16.0 Å². The SMILES string of the molecule is CNC1(COc2cc(O)c(Cl)cc2N)COC(NC)(NC)O1. The van der Waals surface area contributed by atoms with Gasteiger partial charge in [-0.05, 0) is 27.2 Å². The van der Waals surface area contributed by atoms with Gasteiger partial charge < -0.3 is 20.3 Å². The maximum absolute atomic E-state index is 9.64. The molecular weight excluding hydrogens is 312 g/mol. The average Bonchev–Trinajstić information content (AvgIpc) is 2.90. The van der Waals surface area contributed by atoms with Crippen molar-refractivity contribution in [2.75, 3.05) is 40.1 Å². The number of phenolic OH excluding ortho intramolecular Hbond substituents is 1. The molecule has 1 aromatic rings. The predicted molar refractivity (Wildman–Crippen MR) is 82.7 cm³/mol. The number of nitrogen functional groups attached to an aromatic ring is 1. The first-order valence-corrected chi connectivity index (χ1v) is 7.08. The molecule has 1 aromatic carbocycles. The summed E-state index contributed by atoms with van der Waals surface area (Å²) < 4.78 is 17.2. The van der Waals surface area contributed by atoms with Crippen LogP contribution in [0.25, 0.3) is 0 Å². The molecule has 0 radical (unpaired) electrons. The van der Waals surface area contributed by atoms with Crippen LogP contribution in [0.1, 0.15) is 0 Å². The van der Waals surface area contributed by atoms with Crippen molar-refractivity contribution in [3.8, 4) is 11.5 Å². The summed E-state index contributed by atoms with van der Waals surface area (Å²) in [4.78, 5) is 0. The Morgan fingerprint density at radius 3 is 2.55 bits per heavy atom. The lowest BCUT2D eigenvalue weighted by molar-refractivity contribution is -0.231. The van der Waals surface area contributed by atoms with Crippen molar-refractivity contribution in [1.29, 1.82) is 0 Å². The van der Waals surface area contributed by atoms with E-state index in [9.17, 15) is 5.11 Å². The molecule has 1 fully saturated rings. The molecule has 0 amide bonds. The quantitative estimate of drug-likeness (QED) is 0.282. The second-order valence-corrected chi connectivity index (χ2v) is 5.29. The van der Waals surface area contributed by atoms with Gasteiger partial charge in [-0.25, -0.2) is 0 Å². The lowest BCUT2D eigenvalue weighted by Gasteiger charge is -2.31. The van der Waals surface area contributed by atoms with Gasteiger partial charge >= 0.3 is 0 Å². The number of nitrogens with one attached hydrogen (secondary N) is 3. The number of hydrogen-bond donors (Lipinski definition) is 5. The van der Waals surface area contributed by atoms with E-state index in [4.69, 9.17) is 31.5 Å². The molecule has 0 bridgehead atoms. The molecule has 9 heteroatoms. The Hall–Kier alpha value is -1.29. The third-order valence-electron chi connectivity index (χ3n) is 3.50. The van der Waals surface area contributed by atoms with Crippen molar-refractivity contribution in [3.63, 3.8) is 0 Å². The van der Waals surface area contributed by atoms with Crippen molar-refractivity contribution >= 4 is 17.3 Å². The van der Waals surface area contributed by atoms with Crippen LogP contribution in [-0.2, 0) is 9.47 Å². The van der Waals surface area contributed by atoms with E-state index in [1.165, 1.54) is 12.1 Å². The molecule has 1 atom stereocenters. The minimum absolute atomic E-state index is 0.104. The van der Waals surface area contributed by atoms with Crippen LogP contribution in [0.4, 0.5) is 5.69 Å². The Morgan fingerprint density at radius 2 is 2.00 bits per heavy atom. The lowest BCUT2D eigenvalue weighted by atomic mass is 10.2. The second-order valence-electron chi connectivity index (χ2n) is 4.88. The van der Waals surface area contributed by atoms with Crippen LogP contribution in [-0.4, -0.2) is 51.2 Å². The van der Waals surface area contributed by atoms with Crippen LogP contribution in [0.15, 0.2) is 12.1 Å². The Balaban J connectivity index is 2.11. The predicted octanol–water partition coefficient (Wildman–Crippen LogP) is 0.0192. The molecule has 0 spiro atoms. The van der Waals surface area contributed by atoms with E-state index in [-0.39, 0.29) is 24.0 Å². The second kappa shape index (κ2) is 6.45. The van der Waals surface area contributed by atoms with Crippen LogP contribution < -0.4 is 26.4 Å². The maximum atomic E-state index is 9.64. The first-order chi connectivity index (χ1) is 10.4. The van der Waals surface area contributed by atoms with Crippen LogP contribution in [0.2, 0.25) is 5.02 Å². The van der Waals surface area contributed by atoms with E-state index in [1.54, 1.807) is 21.1 Å². The number of likely N-dealkylation sites (N-methyl/N-ethyl adjacent to an activating group) is 1. The number of anilines is 1. The summed E-state index contributed by atoms with van der Waals surface area (Å²) in [5.74, 6) is 0.208. The van der Waals surface area contributed by atoms with E-state index in [1.807, 2.05) is 0 Å². The Morgan fingerprint density at radius 1 is 1.32 bits per heavy atom. The minimum atomic E-state index is -1.10. The molecule has 1 aliphatic heterocycles. The fraction of sp³-hybridized carbons (Fsp3) is 0.538. The zero-order valence-corrected chi connectivity index (χ0v) is 13.5. The largest absolute Gasteiger partial charge is 0.506 e. The Bertz CT molecular complexity index is 541. The van der Waals surface area contributed by atoms with Gasteiger partial charge in [0.25, 0.3) is 6.03 Å². The van der Waals surface area contributed by atoms with E-state index < -0.39 is 11.8 Å². The van der Waals surface area contributed by atoms with E-state index in [0.717, 1.165) is 0 Å². The highest BCUT2D eigenvalue weighted by atomic mass is 35.5. The molecule has 1 saturated heterocycles. The summed E-state index contributed by atoms with van der Waals surface area (Å²) in [6, 6.07) is 1.69. The zero-order valence-electron chi connectivity index (χ0n) is 12.7. The number of ether oxygens (including phenoxy) is 3. The molecule has 1 heterocycles. The molecule has 0 aliphatic carbocycles. The standard InChI is InChI=1S/C13H21ClN4O4/c1-16-12(7-21-13(17-2,18-3)22-12)6-20-11-5-10(19)8(14)4-9(11)15/h4-5,16-19H,6-7,15H2,1-3H3. The van der Waals surface area contributed by atoms with Gasteiger partial charge in [-0.1, -0.05) is 11.6 Å². The first kappa shape index (κ1) is 17.1. The number of halogens is 1. The van der Waals surface area contributed by atoms with Gasteiger partial charge in [0.15, 0.2) is 5.72 Å². The van der Waals surface area contributed by atoms with Gasteiger partial charge in [0, 0.05) is 6.07 Å². The molecule has 0 aromatic heterocycles. The van der Waals surface area contributed by atoms with E-state index in [0.29, 0.717) is 11.4 Å². The van der Waals surface area contributed by atoms with Gasteiger partial charge in [0.2, 0.25) is 0 Å². The highest BCUT2D eigenvalue weighted by Gasteiger charge is 2.49. The molecule has 6 N–H and O–H groups in total. The van der Waals surface area contributed by atoms with Gasteiger partial charge in [0.05, 0.1) is 17.3 Å². The van der Waals surface area contributed by atoms with Crippen LogP contribution >= 0.6 is 11.6 Å². The number of aromatic hydroxyl groups is 1. The van der Waals surface area contributed by atoms with Crippen molar-refractivity contribution in [1.82, 2.24) is 16.0 Å². The normalized spacial score (nSPS) is 23.6. The fourth-order valence-electron chi connectivity index (χ4n) is 2.07. The molecule has 1 unspecified atom stereocenters. The fourth-order valence-corrected chi connectivity index (χ4v) is 2.24. The summed E-state index contributed by atoms with van der Waals surface area (Å²) >= 11 is 5.78. The first-order valence-electron chi connectivity index (χ1n) is 6.71. The van der Waals surface area contributed by atoms with Gasteiger partial charge in [-0.15, -0.1) is 0 Å². The molecule has 0 saturated carbocycles. The monoisotopic (exact) mass is 332 g/mol. The molecule has 22 heavy (non-hydrogen) atoms. The number of hydrogen-bond acceptors (Lipinski definition) is 8. The summed E-state index contributed by atoms with van der Waals surface area (Å²) in [5.41, 5.74) is 5.27. The number of phenols is 1. The molecular formula is C13H21ClN4O4. The topological polar surface area (TPSA) is 110 Å². The van der Waals surface area contributed by atoms with Crippen molar-refractivity contribution in [2.45, 2.75) is 11.8 Å². The average molecular weight is 333 g/mol. The van der Waals surface area contributed by atoms with Gasteiger partial charge in [0.1, 0.15) is 18.1 Å². The van der Waals surface area contributed by atoms with Crippen LogP contribution in [0.3, 0.4) is 0 Å². The minimum Gasteiger partial charge on any atom is -0.506 e. The molecule has 8 nitrogen and oxygen atoms in total. The highest BCUT2D eigenvalue weighted by molar-refractivity contribution is 6.32. The van der Waals surface area contributed by atoms with Crippen molar-refractivity contribution in [3.05, 3.63) is 17.2 Å².